The predicted octanol–water partition coefficient (Wildman–Crippen LogP) is 8.85. The number of pyridine rings is 1. The van der Waals surface area contributed by atoms with Gasteiger partial charge in [0.15, 0.2) is 5.82 Å². The third-order valence-corrected chi connectivity index (χ3v) is 19.4. The van der Waals surface area contributed by atoms with E-state index in [0.717, 1.165) is 19.4 Å². The van der Waals surface area contributed by atoms with E-state index in [-0.39, 0.29) is 70.5 Å². The molecule has 4 aliphatic rings. The molecule has 2 aromatic heterocycles. The molecule has 294 valence electrons. The highest BCUT2D eigenvalue weighted by Crippen LogP contribution is 2.46. The van der Waals surface area contributed by atoms with Gasteiger partial charge in [-0.25, -0.2) is 18.2 Å². The van der Waals surface area contributed by atoms with E-state index in [2.05, 4.69) is 69.0 Å². The smallest absolute Gasteiger partial charge is 0.319 e. The minimum Gasteiger partial charge on any atom is -0.508 e. The van der Waals surface area contributed by atoms with Crippen molar-refractivity contribution in [2.24, 2.45) is 5.92 Å². The van der Waals surface area contributed by atoms with Crippen molar-refractivity contribution < 1.29 is 27.8 Å². The van der Waals surface area contributed by atoms with Crippen LogP contribution in [0.15, 0.2) is 24.3 Å². The van der Waals surface area contributed by atoms with E-state index >= 15 is 8.78 Å². The molecular formula is C43H49F3N6O3Si. The number of benzene rings is 2. The van der Waals surface area contributed by atoms with Gasteiger partial charge in [0.25, 0.3) is 0 Å². The van der Waals surface area contributed by atoms with Crippen LogP contribution < -0.4 is 14.4 Å². The van der Waals surface area contributed by atoms with Gasteiger partial charge in [-0.15, -0.1) is 5.54 Å². The van der Waals surface area contributed by atoms with Crippen LogP contribution in [0.2, 0.25) is 16.6 Å². The number of nitrogens with zero attached hydrogens (tertiary/aromatic N) is 6. The second-order valence-electron chi connectivity index (χ2n) is 17.2. The third kappa shape index (κ3) is 6.22. The van der Waals surface area contributed by atoms with Gasteiger partial charge in [-0.2, -0.15) is 15.2 Å². The van der Waals surface area contributed by atoms with Gasteiger partial charge in [0.05, 0.1) is 29.1 Å². The number of aromatic hydroxyl groups is 1. The zero-order chi connectivity index (χ0) is 39.7. The van der Waals surface area contributed by atoms with Crippen molar-refractivity contribution in [1.82, 2.24) is 19.9 Å². The summed E-state index contributed by atoms with van der Waals surface area (Å²) in [4.78, 5) is 18.4. The van der Waals surface area contributed by atoms with Crippen LogP contribution in [0, 0.1) is 40.3 Å². The number of piperidine rings is 1. The molecule has 6 heterocycles. The Balaban J connectivity index is 1.33. The van der Waals surface area contributed by atoms with Crippen LogP contribution in [-0.4, -0.2) is 83.6 Å². The number of alkyl halides is 1. The number of halogens is 3. The quantitative estimate of drug-likeness (QED) is 0.145. The first-order valence-electron chi connectivity index (χ1n) is 20.0. The van der Waals surface area contributed by atoms with Crippen molar-refractivity contribution >= 4 is 35.6 Å². The summed E-state index contributed by atoms with van der Waals surface area (Å²) in [6.45, 7) is 15.0. The van der Waals surface area contributed by atoms with Gasteiger partial charge in [0, 0.05) is 30.5 Å². The van der Waals surface area contributed by atoms with E-state index in [9.17, 15) is 14.8 Å². The van der Waals surface area contributed by atoms with Crippen LogP contribution in [0.5, 0.6) is 17.6 Å². The lowest BCUT2D eigenvalue weighted by Gasteiger charge is -2.38. The maximum Gasteiger partial charge on any atom is 0.319 e. The molecule has 13 heteroatoms. The number of hydrogen-bond donors (Lipinski definition) is 1. The molecule has 0 amide bonds. The van der Waals surface area contributed by atoms with E-state index in [4.69, 9.17) is 19.4 Å². The fourth-order valence-corrected chi connectivity index (χ4v) is 15.6. The average molecular weight is 783 g/mol. The van der Waals surface area contributed by atoms with Crippen LogP contribution in [0.4, 0.5) is 19.0 Å². The van der Waals surface area contributed by atoms with Crippen LogP contribution in [0.25, 0.3) is 32.9 Å². The lowest BCUT2D eigenvalue weighted by Crippen LogP contribution is -2.45. The summed E-state index contributed by atoms with van der Waals surface area (Å²) in [5.41, 5.74) is 3.97. The second kappa shape index (κ2) is 14.4. The molecule has 3 saturated heterocycles. The summed E-state index contributed by atoms with van der Waals surface area (Å²) < 4.78 is 61.0. The Labute approximate surface area is 327 Å². The Hall–Kier alpha value is -4.59. The molecule has 56 heavy (non-hydrogen) atoms. The Morgan fingerprint density at radius 2 is 1.82 bits per heavy atom. The largest absolute Gasteiger partial charge is 0.508 e. The average Bonchev–Trinajstić information content (AvgIpc) is 3.64. The molecule has 4 atom stereocenters. The lowest BCUT2D eigenvalue weighted by atomic mass is 9.92. The maximum absolute atomic E-state index is 17.5. The first-order valence-corrected chi connectivity index (χ1v) is 22.2. The van der Waals surface area contributed by atoms with Gasteiger partial charge in [-0.05, 0) is 72.4 Å². The molecule has 9 nitrogen and oxygen atoms in total. The van der Waals surface area contributed by atoms with E-state index in [0.29, 0.717) is 65.6 Å². The van der Waals surface area contributed by atoms with Crippen molar-refractivity contribution in [3.8, 4) is 46.4 Å². The van der Waals surface area contributed by atoms with Crippen LogP contribution in [-0.2, 0) is 0 Å². The van der Waals surface area contributed by atoms with Crippen molar-refractivity contribution in [1.29, 1.82) is 5.26 Å². The number of phenols is 1. The van der Waals surface area contributed by atoms with Gasteiger partial charge >= 0.3 is 6.01 Å². The molecule has 0 saturated carbocycles. The highest BCUT2D eigenvalue weighted by atomic mass is 28.3. The number of anilines is 1. The van der Waals surface area contributed by atoms with Crippen LogP contribution in [0.1, 0.15) is 79.2 Å². The molecule has 4 aromatic rings. The van der Waals surface area contributed by atoms with E-state index in [1.165, 1.54) is 18.2 Å². The standard InChI is InChI=1S/C43H49F3N6O3Si/c1-24(2)56(25(3)4,26(5)6)15-11-32-34(45)9-8-28-17-31(53)18-33(35(28)32)38-37(46)39-36-40(52-14-10-27(20-47)16-30(52)22-54-41(36)48-38)50-42(49-39)55-23-43-12-7-13-51(43)21-29(44)19-43/h8-9,17-18,24-27,29-30,53H,7,10,12-14,16,19,21-23H2,1-6H3/t27-,29+,30-,43-/m0/s1. The summed E-state index contributed by atoms with van der Waals surface area (Å²) in [6, 6.07) is 7.85. The van der Waals surface area contributed by atoms with Gasteiger partial charge in [0.2, 0.25) is 5.88 Å². The molecule has 2 aromatic carbocycles. The number of phenolic OH excluding ortho intramolecular Hbond substituents is 1. The van der Waals surface area contributed by atoms with E-state index in [1.54, 1.807) is 6.07 Å². The normalized spacial score (nSPS) is 23.6. The van der Waals surface area contributed by atoms with Crippen LogP contribution >= 0.6 is 0 Å². The Morgan fingerprint density at radius 3 is 2.55 bits per heavy atom. The Morgan fingerprint density at radius 1 is 1.05 bits per heavy atom. The highest BCUT2D eigenvalue weighted by molar-refractivity contribution is 6.90. The van der Waals surface area contributed by atoms with E-state index < -0.39 is 31.4 Å². The molecule has 0 spiro atoms. The first kappa shape index (κ1) is 38.3. The Kier molecular flexibility index (Phi) is 9.85. The van der Waals surface area contributed by atoms with Crippen molar-refractivity contribution in [2.45, 2.75) is 108 Å². The van der Waals surface area contributed by atoms with Crippen molar-refractivity contribution in [3.05, 3.63) is 41.5 Å². The SMILES string of the molecule is CC(C)[Si](C#Cc1c(F)ccc2cc(O)cc(-c3nc4c5c(nc(OC[C@@]67CCCN6C[C@H](F)C7)nc5c3F)N3CC[C@H](C#N)C[C@H]3CO4)c12)(C(C)C)C(C)C. The monoisotopic (exact) mass is 782 g/mol. The first-order chi connectivity index (χ1) is 26.8. The fraction of sp³-hybridized carbons (Fsp3) is 0.535. The lowest BCUT2D eigenvalue weighted by molar-refractivity contribution is 0.107. The van der Waals surface area contributed by atoms with Gasteiger partial charge in [-0.3, -0.25) is 4.90 Å². The maximum atomic E-state index is 17.5. The summed E-state index contributed by atoms with van der Waals surface area (Å²) in [6.07, 6.45) is 2.21. The van der Waals surface area contributed by atoms with Gasteiger partial charge < -0.3 is 19.5 Å². The number of aromatic nitrogens is 3. The molecule has 8 rings (SSSR count). The summed E-state index contributed by atoms with van der Waals surface area (Å²) in [7, 11) is -2.32. The molecule has 1 N–H and O–H groups in total. The molecule has 0 radical (unpaired) electrons. The fourth-order valence-electron chi connectivity index (χ4n) is 10.4. The molecule has 0 aliphatic carbocycles. The number of hydrogen-bond acceptors (Lipinski definition) is 9. The van der Waals surface area contributed by atoms with Crippen LogP contribution in [0.3, 0.4) is 0 Å². The molecular weight excluding hydrogens is 734 g/mol. The molecule has 3 fully saturated rings. The topological polar surface area (TPSA) is 108 Å². The summed E-state index contributed by atoms with van der Waals surface area (Å²) in [5, 5.41) is 21.9. The summed E-state index contributed by atoms with van der Waals surface area (Å²) >= 11 is 0. The van der Waals surface area contributed by atoms with Crippen molar-refractivity contribution in [2.75, 3.05) is 37.7 Å². The zero-order valence-corrected chi connectivity index (χ0v) is 33.9. The highest BCUT2D eigenvalue weighted by Gasteiger charge is 2.49. The summed E-state index contributed by atoms with van der Waals surface area (Å²) in [5.74, 6) is 2.03. The second-order valence-corrected chi connectivity index (χ2v) is 22.7. The molecule has 0 bridgehead atoms. The molecule has 0 unspecified atom stereocenters. The number of ether oxygens (including phenoxy) is 2. The number of rotatable bonds is 7. The Bertz CT molecular complexity index is 2300. The van der Waals surface area contributed by atoms with Gasteiger partial charge in [-0.1, -0.05) is 53.5 Å². The van der Waals surface area contributed by atoms with E-state index in [1.807, 2.05) is 4.90 Å². The number of fused-ring (bicyclic) bond motifs is 4. The van der Waals surface area contributed by atoms with Gasteiger partial charge in [0.1, 0.15) is 61.4 Å². The van der Waals surface area contributed by atoms with Crippen molar-refractivity contribution in [3.63, 3.8) is 0 Å². The molecule has 4 aliphatic heterocycles. The predicted molar refractivity (Wildman–Crippen MR) is 213 cm³/mol. The minimum atomic E-state index is -2.32. The zero-order valence-electron chi connectivity index (χ0n) is 32.9. The number of nitriles is 1. The third-order valence-electron chi connectivity index (χ3n) is 13.1. The minimum absolute atomic E-state index is 0.0585.